The van der Waals surface area contributed by atoms with Crippen molar-refractivity contribution in [3.05, 3.63) is 29.8 Å². The summed E-state index contributed by atoms with van der Waals surface area (Å²) in [6.45, 7) is 1.68. The summed E-state index contributed by atoms with van der Waals surface area (Å²) in [6.07, 6.45) is 0.992. The highest BCUT2D eigenvalue weighted by atomic mass is 32.1. The van der Waals surface area contributed by atoms with Crippen LogP contribution in [0.5, 0.6) is 0 Å². The molecule has 13 nitrogen and oxygen atoms in total. The highest BCUT2D eigenvalue weighted by Gasteiger charge is 2.24. The lowest BCUT2D eigenvalue weighted by molar-refractivity contribution is -0.141. The van der Waals surface area contributed by atoms with Crippen molar-refractivity contribution < 1.29 is 39.6 Å². The molecule has 220 valence electrons. The first-order valence-electron chi connectivity index (χ1n) is 13.0. The Morgan fingerprint density at radius 3 is 1.65 bits per heavy atom. The Morgan fingerprint density at radius 1 is 0.750 bits per heavy atom. The molecular weight excluding hydrogens is 542 g/mol. The molecular formula is C26H37N5O8S. The van der Waals surface area contributed by atoms with Crippen LogP contribution in [0.1, 0.15) is 12.0 Å². The zero-order chi connectivity index (χ0) is 29.5. The molecule has 1 saturated heterocycles. The molecule has 0 atom stereocenters. The van der Waals surface area contributed by atoms with Gasteiger partial charge in [0.15, 0.2) is 0 Å². The van der Waals surface area contributed by atoms with Gasteiger partial charge in [0, 0.05) is 52.4 Å². The molecule has 0 spiro atoms. The number of isothiocyanates is 1. The summed E-state index contributed by atoms with van der Waals surface area (Å²) in [5, 5.41) is 40.2. The van der Waals surface area contributed by atoms with Crippen molar-refractivity contribution in [1.82, 2.24) is 19.6 Å². The fourth-order valence-electron chi connectivity index (χ4n) is 4.91. The average Bonchev–Trinajstić information content (AvgIpc) is 2.84. The van der Waals surface area contributed by atoms with Gasteiger partial charge in [-0.1, -0.05) is 12.1 Å². The van der Waals surface area contributed by atoms with Crippen molar-refractivity contribution in [3.8, 4) is 0 Å². The smallest absolute Gasteiger partial charge is 0.317 e. The summed E-state index contributed by atoms with van der Waals surface area (Å²) in [5.74, 6) is -4.25. The normalized spacial score (nSPS) is 17.9. The van der Waals surface area contributed by atoms with Crippen molar-refractivity contribution in [2.24, 2.45) is 10.9 Å². The number of carboxylic acid groups (broad SMARTS) is 4. The fraction of sp³-hybridized carbons (Fsp3) is 0.577. The van der Waals surface area contributed by atoms with E-state index in [2.05, 4.69) is 10.2 Å². The number of aliphatic imine (C=N–C) groups is 1. The topological polar surface area (TPSA) is 175 Å². The Bertz CT molecular complexity index is 1020. The van der Waals surface area contributed by atoms with Crippen LogP contribution >= 0.6 is 12.2 Å². The van der Waals surface area contributed by atoms with E-state index in [0.29, 0.717) is 70.9 Å². The van der Waals surface area contributed by atoms with E-state index in [-0.39, 0.29) is 32.1 Å². The van der Waals surface area contributed by atoms with E-state index in [0.717, 1.165) is 5.56 Å². The van der Waals surface area contributed by atoms with Gasteiger partial charge in [-0.05, 0) is 48.7 Å². The monoisotopic (exact) mass is 579 g/mol. The average molecular weight is 580 g/mol. The molecule has 0 aromatic heterocycles. The number of hydrogen-bond acceptors (Lipinski definition) is 10. The Balaban J connectivity index is 2.39. The first kappa shape index (κ1) is 32.9. The maximum absolute atomic E-state index is 11.7. The lowest BCUT2D eigenvalue weighted by Crippen LogP contribution is -2.47. The molecule has 1 aliphatic heterocycles. The van der Waals surface area contributed by atoms with Crippen LogP contribution in [0.25, 0.3) is 0 Å². The van der Waals surface area contributed by atoms with E-state index in [9.17, 15) is 39.6 Å². The second kappa shape index (κ2) is 17.4. The minimum atomic E-state index is -1.02. The zero-order valence-electron chi connectivity index (χ0n) is 22.4. The summed E-state index contributed by atoms with van der Waals surface area (Å²) in [5.41, 5.74) is 1.52. The summed E-state index contributed by atoms with van der Waals surface area (Å²) in [4.78, 5) is 57.3. The zero-order valence-corrected chi connectivity index (χ0v) is 23.2. The first-order valence-corrected chi connectivity index (χ1v) is 13.4. The molecule has 1 fully saturated rings. The lowest BCUT2D eigenvalue weighted by Gasteiger charge is -2.34. The van der Waals surface area contributed by atoms with Crippen LogP contribution in [0.2, 0.25) is 0 Å². The standard InChI is InChI=1S/C26H37N5O8S/c32-23(33)15-28-5-2-6-29(16-24(34)35)8-10-31(18-26(38)39)14-21(13-30(9-7-28)17-25(36)37)11-20-3-1-4-22(12-20)27-19-40/h1,3-4,12,21H,2,5-11,13-18H2,(H,32,33)(H,34,35)(H,36,37)(H,38,39). The van der Waals surface area contributed by atoms with Gasteiger partial charge in [0.25, 0.3) is 0 Å². The van der Waals surface area contributed by atoms with Crippen molar-refractivity contribution in [3.63, 3.8) is 0 Å². The lowest BCUT2D eigenvalue weighted by atomic mass is 9.97. The molecule has 0 saturated carbocycles. The molecule has 0 aliphatic carbocycles. The maximum atomic E-state index is 11.7. The van der Waals surface area contributed by atoms with Gasteiger partial charge in [0.1, 0.15) is 0 Å². The van der Waals surface area contributed by atoms with Crippen LogP contribution in [0.4, 0.5) is 5.69 Å². The highest BCUT2D eigenvalue weighted by Crippen LogP contribution is 2.19. The molecule has 2 rings (SSSR count). The van der Waals surface area contributed by atoms with E-state index in [1.807, 2.05) is 18.2 Å². The second-order valence-electron chi connectivity index (χ2n) is 9.89. The molecule has 1 aromatic rings. The number of benzene rings is 1. The van der Waals surface area contributed by atoms with Gasteiger partial charge in [-0.3, -0.25) is 38.8 Å². The summed E-state index contributed by atoms with van der Waals surface area (Å²) < 4.78 is 0. The molecule has 0 amide bonds. The van der Waals surface area contributed by atoms with Crippen LogP contribution in [-0.2, 0) is 25.6 Å². The van der Waals surface area contributed by atoms with E-state index >= 15 is 0 Å². The first-order chi connectivity index (χ1) is 19.0. The van der Waals surface area contributed by atoms with Crippen molar-refractivity contribution in [1.29, 1.82) is 0 Å². The molecule has 40 heavy (non-hydrogen) atoms. The number of nitrogens with zero attached hydrogens (tertiary/aromatic N) is 5. The SMILES string of the molecule is O=C(O)CN1CCCN(CC(=O)O)CCN(CC(=O)O)CC(Cc2cccc(N=C=S)c2)CN(CC(=O)O)CC1. The van der Waals surface area contributed by atoms with Crippen LogP contribution in [-0.4, -0.2) is 148 Å². The summed E-state index contributed by atoms with van der Waals surface area (Å²) >= 11 is 4.70. The van der Waals surface area contributed by atoms with Gasteiger partial charge in [0.05, 0.1) is 37.0 Å². The van der Waals surface area contributed by atoms with Crippen LogP contribution in [0, 0.1) is 5.92 Å². The summed E-state index contributed by atoms with van der Waals surface area (Å²) in [6, 6.07) is 7.34. The molecule has 4 N–H and O–H groups in total. The number of thiocarbonyl (C=S) groups is 1. The van der Waals surface area contributed by atoms with Gasteiger partial charge in [-0.2, -0.15) is 4.99 Å². The van der Waals surface area contributed by atoms with Crippen LogP contribution < -0.4 is 0 Å². The maximum Gasteiger partial charge on any atom is 0.317 e. The fourth-order valence-corrected chi connectivity index (χ4v) is 5.02. The van der Waals surface area contributed by atoms with E-state index in [1.54, 1.807) is 25.7 Å². The highest BCUT2D eigenvalue weighted by molar-refractivity contribution is 7.78. The van der Waals surface area contributed by atoms with Gasteiger partial charge in [-0.15, -0.1) is 0 Å². The Morgan fingerprint density at radius 2 is 1.20 bits per heavy atom. The van der Waals surface area contributed by atoms with Gasteiger partial charge in [-0.25, -0.2) is 0 Å². The van der Waals surface area contributed by atoms with Gasteiger partial charge in [0.2, 0.25) is 0 Å². The quantitative estimate of drug-likeness (QED) is 0.211. The largest absolute Gasteiger partial charge is 0.480 e. The number of carboxylic acids is 4. The van der Waals surface area contributed by atoms with Crippen molar-refractivity contribution in [2.75, 3.05) is 78.5 Å². The predicted molar refractivity (Wildman–Crippen MR) is 149 cm³/mol. The minimum Gasteiger partial charge on any atom is -0.480 e. The third-order valence-corrected chi connectivity index (χ3v) is 6.58. The predicted octanol–water partition coefficient (Wildman–Crippen LogP) is 0.530. The van der Waals surface area contributed by atoms with Crippen LogP contribution in [0.3, 0.4) is 0 Å². The Labute approximate surface area is 238 Å². The third-order valence-electron chi connectivity index (χ3n) is 6.49. The minimum absolute atomic E-state index is 0.200. The van der Waals surface area contributed by atoms with E-state index in [1.165, 1.54) is 0 Å². The third kappa shape index (κ3) is 13.7. The number of rotatable bonds is 11. The second-order valence-corrected chi connectivity index (χ2v) is 10.1. The van der Waals surface area contributed by atoms with Crippen molar-refractivity contribution in [2.45, 2.75) is 12.8 Å². The van der Waals surface area contributed by atoms with Gasteiger partial charge >= 0.3 is 23.9 Å². The molecule has 1 aliphatic rings. The molecule has 14 heteroatoms. The van der Waals surface area contributed by atoms with Crippen LogP contribution in [0.15, 0.2) is 29.3 Å². The molecule has 1 heterocycles. The van der Waals surface area contributed by atoms with Crippen molar-refractivity contribution >= 4 is 46.9 Å². The molecule has 0 unspecified atom stereocenters. The number of hydrogen-bond donors (Lipinski definition) is 4. The Hall–Kier alpha value is -3.26. The summed E-state index contributed by atoms with van der Waals surface area (Å²) in [7, 11) is 0. The van der Waals surface area contributed by atoms with E-state index in [4.69, 9.17) is 12.2 Å². The number of aliphatic carboxylic acids is 4. The van der Waals surface area contributed by atoms with E-state index < -0.39 is 23.9 Å². The Kier molecular flexibility index (Phi) is 14.4. The molecule has 1 aromatic carbocycles. The molecule has 0 bridgehead atoms. The molecule has 0 radical (unpaired) electrons. The van der Waals surface area contributed by atoms with Gasteiger partial charge < -0.3 is 20.4 Å². The number of carbonyl (C=O) groups is 4.